The molecule has 0 amide bonds. The molecule has 7 heteroatoms. The van der Waals surface area contributed by atoms with Crippen molar-refractivity contribution >= 4 is 22.9 Å². The zero-order chi connectivity index (χ0) is 11.7. The molecule has 3 aromatic heterocycles. The van der Waals surface area contributed by atoms with Gasteiger partial charge in [-0.15, -0.1) is 0 Å². The van der Waals surface area contributed by atoms with E-state index in [0.29, 0.717) is 5.75 Å². The van der Waals surface area contributed by atoms with E-state index in [0.717, 1.165) is 22.0 Å². The molecule has 0 aliphatic rings. The summed E-state index contributed by atoms with van der Waals surface area (Å²) in [6.45, 7) is 0. The highest BCUT2D eigenvalue weighted by molar-refractivity contribution is 7.98. The lowest BCUT2D eigenvalue weighted by Crippen LogP contribution is -1.90. The summed E-state index contributed by atoms with van der Waals surface area (Å²) in [5.74, 6) is 1.50. The van der Waals surface area contributed by atoms with Crippen molar-refractivity contribution in [3.05, 3.63) is 31.0 Å². The van der Waals surface area contributed by atoms with E-state index in [1.807, 2.05) is 11.6 Å². The second-order valence-corrected chi connectivity index (χ2v) is 4.43. The Labute approximate surface area is 101 Å². The van der Waals surface area contributed by atoms with Gasteiger partial charge in [0.1, 0.15) is 22.6 Å². The third kappa shape index (κ3) is 1.89. The maximum Gasteiger partial charge on any atom is 0.180 e. The molecular weight excluding hydrogens is 238 g/mol. The quantitative estimate of drug-likeness (QED) is 0.517. The van der Waals surface area contributed by atoms with Crippen LogP contribution in [-0.4, -0.2) is 24.5 Å². The fourth-order valence-corrected chi connectivity index (χ4v) is 2.31. The highest BCUT2D eigenvalue weighted by Crippen LogP contribution is 2.25. The average molecular weight is 247 g/mol. The number of thioether (sulfide) groups is 1. The number of fused-ring (bicyclic) bond motifs is 1. The van der Waals surface area contributed by atoms with Crippen LogP contribution < -0.4 is 0 Å². The number of nitrogens with zero attached hydrogens (tertiary/aromatic N) is 5. The Kier molecular flexibility index (Phi) is 2.52. The number of imidazole rings is 1. The summed E-state index contributed by atoms with van der Waals surface area (Å²) in [5, 5.41) is 0.854. The molecule has 0 saturated carbocycles. The number of oxazole rings is 1. The molecule has 0 fully saturated rings. The van der Waals surface area contributed by atoms with E-state index in [1.54, 1.807) is 30.6 Å². The van der Waals surface area contributed by atoms with E-state index < -0.39 is 0 Å². The summed E-state index contributed by atoms with van der Waals surface area (Å²) in [6, 6.07) is 0. The smallest absolute Gasteiger partial charge is 0.180 e. The summed E-state index contributed by atoms with van der Waals surface area (Å²) < 4.78 is 7.04. The third-order valence-corrected chi connectivity index (χ3v) is 3.30. The molecular formula is C10H9N5OS. The number of hydrogen-bond acceptors (Lipinski definition) is 6. The zero-order valence-corrected chi connectivity index (χ0v) is 9.89. The first-order valence-corrected chi connectivity index (χ1v) is 5.95. The Bertz CT molecular complexity index is 633. The van der Waals surface area contributed by atoms with Crippen LogP contribution in [0.1, 0.15) is 5.76 Å². The summed E-state index contributed by atoms with van der Waals surface area (Å²) in [7, 11) is 1.91. The van der Waals surface area contributed by atoms with Crippen LogP contribution in [-0.2, 0) is 12.8 Å². The third-order valence-electron chi connectivity index (χ3n) is 2.30. The molecule has 0 unspecified atom stereocenters. The van der Waals surface area contributed by atoms with Gasteiger partial charge in [0, 0.05) is 7.05 Å². The second-order valence-electron chi connectivity index (χ2n) is 3.46. The van der Waals surface area contributed by atoms with Crippen molar-refractivity contribution < 1.29 is 4.42 Å². The predicted octanol–water partition coefficient (Wildman–Crippen LogP) is 1.64. The van der Waals surface area contributed by atoms with Crippen LogP contribution in [0.4, 0.5) is 0 Å². The first kappa shape index (κ1) is 10.3. The average Bonchev–Trinajstić information content (AvgIpc) is 2.97. The monoisotopic (exact) mass is 247 g/mol. The SMILES string of the molecule is Cn1cnc2c(SCc3cnco3)ncnc21. The Morgan fingerprint density at radius 1 is 1.35 bits per heavy atom. The van der Waals surface area contributed by atoms with Gasteiger partial charge in [-0.2, -0.15) is 0 Å². The zero-order valence-electron chi connectivity index (χ0n) is 9.07. The lowest BCUT2D eigenvalue weighted by molar-refractivity contribution is 0.523. The molecule has 0 spiro atoms. The van der Waals surface area contributed by atoms with E-state index in [2.05, 4.69) is 19.9 Å². The molecule has 0 N–H and O–H groups in total. The standard InChI is InChI=1S/C10H9N5OS/c1-15-5-14-8-9(15)12-4-13-10(8)17-3-7-2-11-6-16-7/h2,4-6H,3H2,1H3. The lowest BCUT2D eigenvalue weighted by Gasteiger charge is -1.99. The molecule has 6 nitrogen and oxygen atoms in total. The highest BCUT2D eigenvalue weighted by Gasteiger charge is 2.09. The van der Waals surface area contributed by atoms with Gasteiger partial charge in [0.2, 0.25) is 0 Å². The van der Waals surface area contributed by atoms with Crippen LogP contribution in [0, 0.1) is 0 Å². The van der Waals surface area contributed by atoms with Crippen LogP contribution in [0.15, 0.2) is 34.7 Å². The van der Waals surface area contributed by atoms with Crippen LogP contribution in [0.3, 0.4) is 0 Å². The number of aromatic nitrogens is 5. The van der Waals surface area contributed by atoms with Gasteiger partial charge in [0.15, 0.2) is 12.0 Å². The van der Waals surface area contributed by atoms with Gasteiger partial charge >= 0.3 is 0 Å². The van der Waals surface area contributed by atoms with Crippen molar-refractivity contribution in [3.63, 3.8) is 0 Å². The van der Waals surface area contributed by atoms with Crippen LogP contribution in [0.2, 0.25) is 0 Å². The first-order chi connectivity index (χ1) is 8.34. The fraction of sp³-hybridized carbons (Fsp3) is 0.200. The maximum atomic E-state index is 5.17. The van der Waals surface area contributed by atoms with Gasteiger partial charge in [-0.3, -0.25) is 0 Å². The maximum absolute atomic E-state index is 5.17. The van der Waals surface area contributed by atoms with Crippen molar-refractivity contribution in [1.82, 2.24) is 24.5 Å². The Balaban J connectivity index is 1.90. The molecule has 86 valence electrons. The van der Waals surface area contributed by atoms with E-state index in [4.69, 9.17) is 4.42 Å². The van der Waals surface area contributed by atoms with Crippen molar-refractivity contribution in [2.45, 2.75) is 10.8 Å². The van der Waals surface area contributed by atoms with Gasteiger partial charge in [0.05, 0.1) is 18.3 Å². The minimum atomic E-state index is 0.683. The summed E-state index contributed by atoms with van der Waals surface area (Å²) in [6.07, 6.45) is 6.40. The topological polar surface area (TPSA) is 69.6 Å². The molecule has 3 heterocycles. The predicted molar refractivity (Wildman–Crippen MR) is 62.4 cm³/mol. The number of rotatable bonds is 3. The van der Waals surface area contributed by atoms with Gasteiger partial charge in [-0.25, -0.2) is 19.9 Å². The number of aryl methyl sites for hydroxylation is 1. The minimum Gasteiger partial charge on any atom is -0.448 e. The molecule has 3 rings (SSSR count). The van der Waals surface area contributed by atoms with Crippen LogP contribution in [0.5, 0.6) is 0 Å². The van der Waals surface area contributed by atoms with Crippen molar-refractivity contribution in [2.24, 2.45) is 7.05 Å². The largest absolute Gasteiger partial charge is 0.448 e. The molecule has 0 saturated heterocycles. The fourth-order valence-electron chi connectivity index (χ4n) is 1.48. The molecule has 17 heavy (non-hydrogen) atoms. The van der Waals surface area contributed by atoms with Crippen molar-refractivity contribution in [1.29, 1.82) is 0 Å². The number of hydrogen-bond donors (Lipinski definition) is 0. The summed E-state index contributed by atoms with van der Waals surface area (Å²) >= 11 is 1.56. The first-order valence-electron chi connectivity index (χ1n) is 4.97. The molecule has 0 aromatic carbocycles. The molecule has 3 aromatic rings. The normalized spacial score (nSPS) is 11.1. The second kappa shape index (κ2) is 4.17. The lowest BCUT2D eigenvalue weighted by atomic mass is 10.5. The minimum absolute atomic E-state index is 0.683. The van der Waals surface area contributed by atoms with E-state index in [-0.39, 0.29) is 0 Å². The molecule has 0 aliphatic carbocycles. The molecule has 0 bridgehead atoms. The summed E-state index contributed by atoms with van der Waals surface area (Å²) in [4.78, 5) is 16.6. The Hall–Kier alpha value is -1.89. The van der Waals surface area contributed by atoms with E-state index in [9.17, 15) is 0 Å². The van der Waals surface area contributed by atoms with Crippen LogP contribution >= 0.6 is 11.8 Å². The molecule has 0 atom stereocenters. The Morgan fingerprint density at radius 3 is 3.12 bits per heavy atom. The van der Waals surface area contributed by atoms with Crippen molar-refractivity contribution in [3.8, 4) is 0 Å². The van der Waals surface area contributed by atoms with Gasteiger partial charge in [-0.05, 0) is 0 Å². The van der Waals surface area contributed by atoms with Gasteiger partial charge < -0.3 is 8.98 Å². The summed E-state index contributed by atoms with van der Waals surface area (Å²) in [5.41, 5.74) is 1.65. The Morgan fingerprint density at radius 2 is 2.29 bits per heavy atom. The highest BCUT2D eigenvalue weighted by atomic mass is 32.2. The van der Waals surface area contributed by atoms with Gasteiger partial charge in [0.25, 0.3) is 0 Å². The van der Waals surface area contributed by atoms with Crippen LogP contribution in [0.25, 0.3) is 11.2 Å². The van der Waals surface area contributed by atoms with Gasteiger partial charge in [-0.1, -0.05) is 11.8 Å². The van der Waals surface area contributed by atoms with E-state index >= 15 is 0 Å². The molecule has 0 aliphatic heterocycles. The van der Waals surface area contributed by atoms with Crippen molar-refractivity contribution in [2.75, 3.05) is 0 Å². The molecule has 0 radical (unpaired) electrons. The van der Waals surface area contributed by atoms with E-state index in [1.165, 1.54) is 6.39 Å².